The normalized spacial score (nSPS) is 16.2. The summed E-state index contributed by atoms with van der Waals surface area (Å²) < 4.78 is 0. The van der Waals surface area contributed by atoms with E-state index in [9.17, 15) is 9.90 Å². The Kier molecular flexibility index (Phi) is 5.40. The first kappa shape index (κ1) is 15.3. The molecule has 2 rings (SSSR count). The molecule has 0 bridgehead atoms. The van der Waals surface area contributed by atoms with Crippen LogP contribution in [-0.4, -0.2) is 42.2 Å². The number of aliphatic hydroxyl groups is 1. The zero-order chi connectivity index (χ0) is 14.5. The highest BCUT2D eigenvalue weighted by Gasteiger charge is 2.30. The van der Waals surface area contributed by atoms with E-state index in [1.807, 2.05) is 30.1 Å². The molecule has 0 aliphatic heterocycles. The first-order valence-corrected chi connectivity index (χ1v) is 7.30. The molecule has 20 heavy (non-hydrogen) atoms. The molecule has 0 aromatic heterocycles. The third kappa shape index (κ3) is 5.12. The number of aliphatic hydroxyl groups excluding tert-OH is 1. The number of nitrogens with one attached hydrogen (secondary N) is 1. The molecule has 110 valence electrons. The lowest BCUT2D eigenvalue weighted by Gasteiger charge is -2.19. The Morgan fingerprint density at radius 2 is 2.30 bits per heavy atom. The molecule has 0 radical (unpaired) electrons. The quantitative estimate of drug-likeness (QED) is 0.804. The van der Waals surface area contributed by atoms with Crippen molar-refractivity contribution in [2.24, 2.45) is 5.92 Å². The van der Waals surface area contributed by atoms with E-state index in [0.29, 0.717) is 30.6 Å². The predicted molar refractivity (Wildman–Crippen MR) is 79.5 cm³/mol. The van der Waals surface area contributed by atoms with E-state index in [0.717, 1.165) is 18.4 Å². The molecule has 1 aromatic carbocycles. The molecule has 1 aliphatic carbocycles. The number of rotatable bonds is 7. The van der Waals surface area contributed by atoms with Gasteiger partial charge in [-0.3, -0.25) is 9.69 Å². The molecule has 1 unspecified atom stereocenters. The highest BCUT2D eigenvalue weighted by atomic mass is 35.5. The van der Waals surface area contributed by atoms with Crippen LogP contribution in [-0.2, 0) is 11.3 Å². The van der Waals surface area contributed by atoms with E-state index < -0.39 is 0 Å². The topological polar surface area (TPSA) is 52.6 Å². The van der Waals surface area contributed by atoms with Crippen LogP contribution in [0.4, 0.5) is 0 Å². The Hall–Kier alpha value is -1.10. The Labute approximate surface area is 124 Å². The first-order chi connectivity index (χ1) is 9.54. The van der Waals surface area contributed by atoms with Crippen molar-refractivity contribution in [3.05, 3.63) is 34.9 Å². The fraction of sp³-hybridized carbons (Fsp3) is 0.533. The molecule has 1 fully saturated rings. The zero-order valence-corrected chi connectivity index (χ0v) is 12.4. The van der Waals surface area contributed by atoms with Crippen molar-refractivity contribution in [3.63, 3.8) is 0 Å². The lowest BCUT2D eigenvalue weighted by Crippen LogP contribution is -2.38. The second-order valence-corrected chi connectivity index (χ2v) is 5.94. The Morgan fingerprint density at radius 3 is 2.95 bits per heavy atom. The maximum atomic E-state index is 11.8. The minimum absolute atomic E-state index is 0.0459. The number of hydrogen-bond acceptors (Lipinski definition) is 3. The van der Waals surface area contributed by atoms with Gasteiger partial charge in [-0.2, -0.15) is 0 Å². The van der Waals surface area contributed by atoms with Crippen molar-refractivity contribution in [3.8, 4) is 0 Å². The van der Waals surface area contributed by atoms with E-state index in [1.165, 1.54) is 0 Å². The van der Waals surface area contributed by atoms with Gasteiger partial charge in [0, 0.05) is 18.1 Å². The number of halogens is 1. The lowest BCUT2D eigenvalue weighted by atomic mass is 10.2. The third-order valence-electron chi connectivity index (χ3n) is 3.46. The fourth-order valence-corrected chi connectivity index (χ4v) is 2.38. The molecule has 4 nitrogen and oxygen atoms in total. The molecule has 5 heteroatoms. The highest BCUT2D eigenvalue weighted by Crippen LogP contribution is 2.32. The molecule has 0 spiro atoms. The maximum absolute atomic E-state index is 11.8. The van der Waals surface area contributed by atoms with E-state index >= 15 is 0 Å². The van der Waals surface area contributed by atoms with Gasteiger partial charge in [-0.25, -0.2) is 0 Å². The van der Waals surface area contributed by atoms with Crippen molar-refractivity contribution in [2.75, 3.05) is 20.1 Å². The average Bonchev–Trinajstić information content (AvgIpc) is 3.20. The van der Waals surface area contributed by atoms with Crippen LogP contribution in [0, 0.1) is 5.92 Å². The molecule has 1 aliphatic rings. The summed E-state index contributed by atoms with van der Waals surface area (Å²) in [6, 6.07) is 7.43. The van der Waals surface area contributed by atoms with Gasteiger partial charge in [0.25, 0.3) is 0 Å². The van der Waals surface area contributed by atoms with Crippen LogP contribution in [0.15, 0.2) is 24.3 Å². The number of amides is 1. The Balaban J connectivity index is 1.69. The van der Waals surface area contributed by atoms with Crippen molar-refractivity contribution < 1.29 is 9.90 Å². The number of carbonyl (C=O) groups excluding carboxylic acids is 1. The summed E-state index contributed by atoms with van der Waals surface area (Å²) in [4.78, 5) is 13.7. The van der Waals surface area contributed by atoms with Gasteiger partial charge in [-0.05, 0) is 43.5 Å². The molecule has 1 atom stereocenters. The monoisotopic (exact) mass is 296 g/mol. The molecule has 1 aromatic rings. The van der Waals surface area contributed by atoms with E-state index in [2.05, 4.69) is 5.32 Å². The number of carbonyl (C=O) groups is 1. The summed E-state index contributed by atoms with van der Waals surface area (Å²) in [6.45, 7) is 1.32. The third-order valence-corrected chi connectivity index (χ3v) is 3.69. The van der Waals surface area contributed by atoms with Crippen LogP contribution in [0.3, 0.4) is 0 Å². The Morgan fingerprint density at radius 1 is 1.55 bits per heavy atom. The number of nitrogens with zero attached hydrogens (tertiary/aromatic N) is 1. The van der Waals surface area contributed by atoms with Crippen molar-refractivity contribution in [2.45, 2.75) is 25.5 Å². The second-order valence-electron chi connectivity index (χ2n) is 5.51. The summed E-state index contributed by atoms with van der Waals surface area (Å²) >= 11 is 5.89. The van der Waals surface area contributed by atoms with Crippen molar-refractivity contribution >= 4 is 17.5 Å². The van der Waals surface area contributed by atoms with Crippen LogP contribution >= 0.6 is 11.6 Å². The van der Waals surface area contributed by atoms with Gasteiger partial charge in [0.2, 0.25) is 5.91 Å². The van der Waals surface area contributed by atoms with Gasteiger partial charge in [0.1, 0.15) is 0 Å². The van der Waals surface area contributed by atoms with Crippen molar-refractivity contribution in [1.29, 1.82) is 0 Å². The van der Waals surface area contributed by atoms with Gasteiger partial charge >= 0.3 is 0 Å². The Bertz CT molecular complexity index is 463. The summed E-state index contributed by atoms with van der Waals surface area (Å²) in [6.07, 6.45) is 1.91. The molecule has 1 saturated carbocycles. The molecular formula is C15H21ClN2O2. The van der Waals surface area contributed by atoms with Gasteiger partial charge in [0.05, 0.1) is 12.6 Å². The minimum atomic E-state index is -0.305. The van der Waals surface area contributed by atoms with Gasteiger partial charge in [-0.15, -0.1) is 0 Å². The van der Waals surface area contributed by atoms with Crippen LogP contribution in [0.1, 0.15) is 18.4 Å². The fourth-order valence-electron chi connectivity index (χ4n) is 2.16. The van der Waals surface area contributed by atoms with Crippen molar-refractivity contribution in [1.82, 2.24) is 10.2 Å². The van der Waals surface area contributed by atoms with Crippen LogP contribution in [0.2, 0.25) is 5.02 Å². The maximum Gasteiger partial charge on any atom is 0.234 e. The number of likely N-dealkylation sites (N-methyl/N-ethyl adjacent to an activating group) is 1. The molecule has 1 amide bonds. The minimum Gasteiger partial charge on any atom is -0.392 e. The van der Waals surface area contributed by atoms with Crippen LogP contribution < -0.4 is 5.32 Å². The van der Waals surface area contributed by atoms with Gasteiger partial charge in [-0.1, -0.05) is 23.7 Å². The first-order valence-electron chi connectivity index (χ1n) is 6.92. The highest BCUT2D eigenvalue weighted by molar-refractivity contribution is 6.30. The van der Waals surface area contributed by atoms with Crippen LogP contribution in [0.5, 0.6) is 0 Å². The second kappa shape index (κ2) is 7.07. The largest absolute Gasteiger partial charge is 0.392 e. The molecular weight excluding hydrogens is 276 g/mol. The predicted octanol–water partition coefficient (Wildman–Crippen LogP) is 1.66. The van der Waals surface area contributed by atoms with E-state index in [-0.39, 0.29) is 12.0 Å². The average molecular weight is 297 g/mol. The molecule has 0 heterocycles. The molecule has 0 saturated heterocycles. The SMILES string of the molecule is CN(CC(=O)NCc1cccc(Cl)c1)CC(O)C1CC1. The summed E-state index contributed by atoms with van der Waals surface area (Å²) in [5.74, 6) is 0.391. The van der Waals surface area contributed by atoms with Gasteiger partial charge in [0.15, 0.2) is 0 Å². The standard InChI is InChI=1S/C15H21ClN2O2/c1-18(9-14(19)12-5-6-12)10-15(20)17-8-11-3-2-4-13(16)7-11/h2-4,7,12,14,19H,5-6,8-10H2,1H3,(H,17,20). The summed E-state index contributed by atoms with van der Waals surface area (Å²) in [5, 5.41) is 13.3. The van der Waals surface area contributed by atoms with Gasteiger partial charge < -0.3 is 10.4 Å². The summed E-state index contributed by atoms with van der Waals surface area (Å²) in [5.41, 5.74) is 0.978. The van der Waals surface area contributed by atoms with E-state index in [1.54, 1.807) is 6.07 Å². The number of hydrogen-bond donors (Lipinski definition) is 2. The van der Waals surface area contributed by atoms with Crippen LogP contribution in [0.25, 0.3) is 0 Å². The zero-order valence-electron chi connectivity index (χ0n) is 11.7. The number of benzene rings is 1. The summed E-state index contributed by atoms with van der Waals surface area (Å²) in [7, 11) is 1.85. The lowest BCUT2D eigenvalue weighted by molar-refractivity contribution is -0.122. The smallest absolute Gasteiger partial charge is 0.234 e. The molecule has 2 N–H and O–H groups in total. The van der Waals surface area contributed by atoms with E-state index in [4.69, 9.17) is 11.6 Å².